The number of nitrogens with zero attached hydrogens (tertiary/aromatic N) is 1. The average molecular weight is 290 g/mol. The lowest BCUT2D eigenvalue weighted by Crippen LogP contribution is -2.37. The molecule has 0 saturated carbocycles. The highest BCUT2D eigenvalue weighted by Crippen LogP contribution is 2.25. The summed E-state index contributed by atoms with van der Waals surface area (Å²) in [5.74, 6) is -0.438. The van der Waals surface area contributed by atoms with Gasteiger partial charge >= 0.3 is 0 Å². The van der Waals surface area contributed by atoms with Crippen LogP contribution >= 0.6 is 23.2 Å². The Morgan fingerprint density at radius 1 is 1.39 bits per heavy atom. The summed E-state index contributed by atoms with van der Waals surface area (Å²) in [6.07, 6.45) is 0. The first-order chi connectivity index (χ1) is 8.41. The van der Waals surface area contributed by atoms with Gasteiger partial charge in [-0.2, -0.15) is 0 Å². The van der Waals surface area contributed by atoms with E-state index in [1.54, 1.807) is 18.2 Å². The molecule has 1 aromatic carbocycles. The van der Waals surface area contributed by atoms with Crippen molar-refractivity contribution < 1.29 is 4.79 Å². The molecule has 1 unspecified atom stereocenters. The highest BCUT2D eigenvalue weighted by molar-refractivity contribution is 6.42. The molecule has 4 nitrogen and oxygen atoms in total. The second kappa shape index (κ2) is 6.95. The fourth-order valence-electron chi connectivity index (χ4n) is 1.51. The third-order valence-electron chi connectivity index (χ3n) is 2.47. The lowest BCUT2D eigenvalue weighted by molar-refractivity contribution is -0.120. The molecule has 18 heavy (non-hydrogen) atoms. The second-order valence-electron chi connectivity index (χ2n) is 4.27. The van der Waals surface area contributed by atoms with Gasteiger partial charge in [0, 0.05) is 13.1 Å². The van der Waals surface area contributed by atoms with E-state index in [-0.39, 0.29) is 0 Å². The van der Waals surface area contributed by atoms with E-state index < -0.39 is 11.9 Å². The van der Waals surface area contributed by atoms with Gasteiger partial charge in [0.2, 0.25) is 5.91 Å². The van der Waals surface area contributed by atoms with E-state index in [1.165, 1.54) is 0 Å². The Labute approximate surface area is 117 Å². The molecule has 0 radical (unpaired) electrons. The fourth-order valence-corrected chi connectivity index (χ4v) is 1.81. The van der Waals surface area contributed by atoms with Crippen LogP contribution in [-0.4, -0.2) is 38.0 Å². The zero-order valence-electron chi connectivity index (χ0n) is 10.4. The quantitative estimate of drug-likeness (QED) is 0.838. The minimum atomic E-state index is -0.556. The number of benzene rings is 1. The van der Waals surface area contributed by atoms with Gasteiger partial charge in [0.05, 0.1) is 10.0 Å². The molecule has 0 aromatic heterocycles. The summed E-state index contributed by atoms with van der Waals surface area (Å²) < 4.78 is 0. The molecule has 0 saturated heterocycles. The van der Waals surface area contributed by atoms with Crippen molar-refractivity contribution in [3.8, 4) is 0 Å². The maximum absolute atomic E-state index is 11.4. The van der Waals surface area contributed by atoms with Crippen LogP contribution in [0.5, 0.6) is 0 Å². The minimum absolute atomic E-state index is 0.412. The van der Waals surface area contributed by atoms with Crippen LogP contribution < -0.4 is 11.1 Å². The first-order valence-corrected chi connectivity index (χ1v) is 6.29. The van der Waals surface area contributed by atoms with E-state index in [2.05, 4.69) is 5.32 Å². The van der Waals surface area contributed by atoms with E-state index in [4.69, 9.17) is 28.9 Å². The van der Waals surface area contributed by atoms with Gasteiger partial charge in [-0.25, -0.2) is 0 Å². The third kappa shape index (κ3) is 4.46. The Morgan fingerprint density at radius 2 is 2.06 bits per heavy atom. The van der Waals surface area contributed by atoms with Crippen LogP contribution in [0.2, 0.25) is 10.0 Å². The topological polar surface area (TPSA) is 58.4 Å². The monoisotopic (exact) mass is 289 g/mol. The summed E-state index contributed by atoms with van der Waals surface area (Å²) in [6, 6.07) is 4.50. The number of carbonyl (C=O) groups is 1. The molecular formula is C12H17Cl2N3O. The SMILES string of the molecule is CN(C)CCNC(C(N)=O)c1ccc(Cl)c(Cl)c1. The highest BCUT2D eigenvalue weighted by atomic mass is 35.5. The van der Waals surface area contributed by atoms with Crippen molar-refractivity contribution in [2.24, 2.45) is 5.73 Å². The van der Waals surface area contributed by atoms with Crippen molar-refractivity contribution in [3.05, 3.63) is 33.8 Å². The molecule has 1 amide bonds. The normalized spacial score (nSPS) is 12.7. The smallest absolute Gasteiger partial charge is 0.239 e. The van der Waals surface area contributed by atoms with Gasteiger partial charge in [-0.3, -0.25) is 4.79 Å². The lowest BCUT2D eigenvalue weighted by atomic mass is 10.1. The van der Waals surface area contributed by atoms with Gasteiger partial charge in [0.25, 0.3) is 0 Å². The molecule has 0 aliphatic heterocycles. The zero-order valence-corrected chi connectivity index (χ0v) is 11.9. The van der Waals surface area contributed by atoms with Gasteiger partial charge in [-0.05, 0) is 31.8 Å². The molecule has 0 aliphatic rings. The number of likely N-dealkylation sites (N-methyl/N-ethyl adjacent to an activating group) is 1. The Hall–Kier alpha value is -0.810. The van der Waals surface area contributed by atoms with Crippen LogP contribution in [0, 0.1) is 0 Å². The summed E-state index contributed by atoms with van der Waals surface area (Å²) in [6.45, 7) is 1.46. The largest absolute Gasteiger partial charge is 0.368 e. The molecule has 0 fully saturated rings. The number of hydrogen-bond acceptors (Lipinski definition) is 3. The number of halogens is 2. The van der Waals surface area contributed by atoms with Gasteiger partial charge < -0.3 is 16.0 Å². The minimum Gasteiger partial charge on any atom is -0.368 e. The van der Waals surface area contributed by atoms with Crippen LogP contribution in [0.4, 0.5) is 0 Å². The average Bonchev–Trinajstić information content (AvgIpc) is 2.27. The molecule has 3 N–H and O–H groups in total. The van der Waals surface area contributed by atoms with Crippen molar-refractivity contribution in [3.63, 3.8) is 0 Å². The zero-order chi connectivity index (χ0) is 13.7. The van der Waals surface area contributed by atoms with Crippen molar-refractivity contribution in [1.29, 1.82) is 0 Å². The molecule has 100 valence electrons. The summed E-state index contributed by atoms with van der Waals surface area (Å²) in [5.41, 5.74) is 6.10. The van der Waals surface area contributed by atoms with Crippen molar-refractivity contribution in [2.75, 3.05) is 27.2 Å². The first kappa shape index (κ1) is 15.2. The van der Waals surface area contributed by atoms with E-state index in [9.17, 15) is 4.79 Å². The molecule has 0 bridgehead atoms. The fraction of sp³-hybridized carbons (Fsp3) is 0.417. The highest BCUT2D eigenvalue weighted by Gasteiger charge is 2.17. The number of carbonyl (C=O) groups excluding carboxylic acids is 1. The number of nitrogens with two attached hydrogens (primary N) is 1. The van der Waals surface area contributed by atoms with Gasteiger partial charge in [0.15, 0.2) is 0 Å². The van der Waals surface area contributed by atoms with Crippen LogP contribution in [0.3, 0.4) is 0 Å². The van der Waals surface area contributed by atoms with E-state index in [1.807, 2.05) is 19.0 Å². The number of amides is 1. The van der Waals surface area contributed by atoms with Crippen LogP contribution in [0.25, 0.3) is 0 Å². The van der Waals surface area contributed by atoms with E-state index in [0.717, 1.165) is 12.1 Å². The number of primary amides is 1. The van der Waals surface area contributed by atoms with Crippen LogP contribution in [0.1, 0.15) is 11.6 Å². The molecule has 1 aromatic rings. The molecule has 1 atom stereocenters. The summed E-state index contributed by atoms with van der Waals surface area (Å²) in [4.78, 5) is 13.5. The molecule has 1 rings (SSSR count). The van der Waals surface area contributed by atoms with Crippen molar-refractivity contribution >= 4 is 29.1 Å². The maximum Gasteiger partial charge on any atom is 0.239 e. The van der Waals surface area contributed by atoms with Crippen molar-refractivity contribution in [1.82, 2.24) is 10.2 Å². The Kier molecular flexibility index (Phi) is 5.88. The number of hydrogen-bond donors (Lipinski definition) is 2. The summed E-state index contributed by atoms with van der Waals surface area (Å²) in [7, 11) is 3.92. The summed E-state index contributed by atoms with van der Waals surface area (Å²) in [5, 5.41) is 3.96. The molecule has 0 aliphatic carbocycles. The number of nitrogens with one attached hydrogen (secondary N) is 1. The maximum atomic E-state index is 11.4. The second-order valence-corrected chi connectivity index (χ2v) is 5.08. The molecule has 0 heterocycles. The molecular weight excluding hydrogens is 273 g/mol. The molecule has 0 spiro atoms. The van der Waals surface area contributed by atoms with Gasteiger partial charge in [-0.1, -0.05) is 29.3 Å². The van der Waals surface area contributed by atoms with Gasteiger partial charge in [-0.15, -0.1) is 0 Å². The van der Waals surface area contributed by atoms with Crippen LogP contribution in [-0.2, 0) is 4.79 Å². The molecule has 6 heteroatoms. The Balaban J connectivity index is 2.78. The van der Waals surface area contributed by atoms with E-state index in [0.29, 0.717) is 16.6 Å². The Bertz CT molecular complexity index is 424. The first-order valence-electron chi connectivity index (χ1n) is 5.54. The van der Waals surface area contributed by atoms with E-state index >= 15 is 0 Å². The third-order valence-corrected chi connectivity index (χ3v) is 3.21. The number of rotatable bonds is 6. The predicted molar refractivity (Wildman–Crippen MR) is 75.0 cm³/mol. The van der Waals surface area contributed by atoms with Crippen LogP contribution in [0.15, 0.2) is 18.2 Å². The standard InChI is InChI=1S/C12H17Cl2N3O/c1-17(2)6-5-16-11(12(15)18)8-3-4-9(13)10(14)7-8/h3-4,7,11,16H,5-6H2,1-2H3,(H2,15,18). The lowest BCUT2D eigenvalue weighted by Gasteiger charge is -2.18. The van der Waals surface area contributed by atoms with Gasteiger partial charge in [0.1, 0.15) is 6.04 Å². The Morgan fingerprint density at radius 3 is 2.56 bits per heavy atom. The summed E-state index contributed by atoms with van der Waals surface area (Å²) >= 11 is 11.8. The predicted octanol–water partition coefficient (Wildman–Crippen LogP) is 1.67. The van der Waals surface area contributed by atoms with Crippen molar-refractivity contribution in [2.45, 2.75) is 6.04 Å².